The second-order valence-corrected chi connectivity index (χ2v) is 4.86. The minimum atomic E-state index is -0.586. The van der Waals surface area contributed by atoms with Crippen LogP contribution >= 0.6 is 15.9 Å². The molecule has 0 saturated carbocycles. The Morgan fingerprint density at radius 1 is 1.15 bits per heavy atom. The van der Waals surface area contributed by atoms with Crippen molar-refractivity contribution in [2.75, 3.05) is 5.32 Å². The van der Waals surface area contributed by atoms with Crippen molar-refractivity contribution >= 4 is 27.3 Å². The van der Waals surface area contributed by atoms with Crippen LogP contribution in [0.25, 0.3) is 0 Å². The van der Waals surface area contributed by atoms with Crippen LogP contribution in [-0.4, -0.2) is 4.92 Å². The third-order valence-electron chi connectivity index (χ3n) is 2.64. The van der Waals surface area contributed by atoms with E-state index in [1.165, 1.54) is 18.2 Å². The third-order valence-corrected chi connectivity index (χ3v) is 3.33. The number of nitrogens with one attached hydrogen (secondary N) is 1. The molecule has 1 N–H and O–H groups in total. The number of anilines is 1. The number of halogens is 3. The van der Waals surface area contributed by atoms with Gasteiger partial charge in [0, 0.05) is 17.1 Å². The van der Waals surface area contributed by atoms with Crippen LogP contribution in [0.15, 0.2) is 40.9 Å². The normalized spacial score (nSPS) is 10.3. The second-order valence-electron chi connectivity index (χ2n) is 4.01. The van der Waals surface area contributed by atoms with Crippen LogP contribution < -0.4 is 5.32 Å². The van der Waals surface area contributed by atoms with E-state index in [1.807, 2.05) is 0 Å². The van der Waals surface area contributed by atoms with Crippen molar-refractivity contribution in [3.63, 3.8) is 0 Å². The van der Waals surface area contributed by atoms with E-state index in [0.29, 0.717) is 10.2 Å². The van der Waals surface area contributed by atoms with Gasteiger partial charge in [0.25, 0.3) is 5.69 Å². The summed E-state index contributed by atoms with van der Waals surface area (Å²) >= 11 is 3.23. The highest BCUT2D eigenvalue weighted by Gasteiger charge is 2.14. The first kappa shape index (κ1) is 14.4. The number of nitrogens with zero attached hydrogens (tertiary/aromatic N) is 1. The van der Waals surface area contributed by atoms with Crippen molar-refractivity contribution in [2.24, 2.45) is 0 Å². The van der Waals surface area contributed by atoms with Gasteiger partial charge in [0.2, 0.25) is 0 Å². The number of nitro benzene ring substituents is 1. The maximum absolute atomic E-state index is 13.2. The molecule has 104 valence electrons. The molecule has 0 aliphatic rings. The van der Waals surface area contributed by atoms with Gasteiger partial charge in [0.15, 0.2) is 0 Å². The summed E-state index contributed by atoms with van der Waals surface area (Å²) in [5.41, 5.74) is 0.432. The van der Waals surface area contributed by atoms with Crippen LogP contribution in [0.4, 0.5) is 20.2 Å². The zero-order chi connectivity index (χ0) is 14.7. The molecule has 2 aromatic carbocycles. The van der Waals surface area contributed by atoms with Gasteiger partial charge in [-0.15, -0.1) is 0 Å². The fraction of sp³-hybridized carbons (Fsp3) is 0.0769. The van der Waals surface area contributed by atoms with E-state index in [9.17, 15) is 18.9 Å². The Labute approximate surface area is 121 Å². The second kappa shape index (κ2) is 5.96. The van der Waals surface area contributed by atoms with E-state index in [4.69, 9.17) is 0 Å². The van der Waals surface area contributed by atoms with E-state index in [2.05, 4.69) is 21.2 Å². The highest BCUT2D eigenvalue weighted by atomic mass is 79.9. The number of rotatable bonds is 4. The van der Waals surface area contributed by atoms with Crippen molar-refractivity contribution in [3.8, 4) is 0 Å². The van der Waals surface area contributed by atoms with Crippen molar-refractivity contribution in [2.45, 2.75) is 6.54 Å². The van der Waals surface area contributed by atoms with Crippen LogP contribution in [0.3, 0.4) is 0 Å². The molecule has 0 aliphatic carbocycles. The molecule has 0 heterocycles. The van der Waals surface area contributed by atoms with Crippen molar-refractivity contribution in [3.05, 3.63) is 68.2 Å². The Bertz CT molecular complexity index is 665. The summed E-state index contributed by atoms with van der Waals surface area (Å²) < 4.78 is 26.9. The van der Waals surface area contributed by atoms with Gasteiger partial charge in [0.05, 0.1) is 16.2 Å². The monoisotopic (exact) mass is 342 g/mol. The minimum Gasteiger partial charge on any atom is -0.380 e. The first-order valence-corrected chi connectivity index (χ1v) is 6.38. The summed E-state index contributed by atoms with van der Waals surface area (Å²) in [6.07, 6.45) is 0. The van der Waals surface area contributed by atoms with Gasteiger partial charge >= 0.3 is 0 Å². The molecular weight excluding hydrogens is 334 g/mol. The molecule has 0 aliphatic heterocycles. The lowest BCUT2D eigenvalue weighted by atomic mass is 10.1. The van der Waals surface area contributed by atoms with E-state index in [-0.39, 0.29) is 17.8 Å². The summed E-state index contributed by atoms with van der Waals surface area (Å²) in [4.78, 5) is 10.3. The van der Waals surface area contributed by atoms with Crippen LogP contribution in [0.1, 0.15) is 5.56 Å². The Kier molecular flexibility index (Phi) is 4.29. The predicted molar refractivity (Wildman–Crippen MR) is 74.5 cm³/mol. The average molecular weight is 343 g/mol. The van der Waals surface area contributed by atoms with Gasteiger partial charge in [-0.3, -0.25) is 10.1 Å². The van der Waals surface area contributed by atoms with Gasteiger partial charge in [-0.25, -0.2) is 8.78 Å². The molecule has 0 atom stereocenters. The lowest BCUT2D eigenvalue weighted by Gasteiger charge is -2.09. The molecule has 4 nitrogen and oxygen atoms in total. The summed E-state index contributed by atoms with van der Waals surface area (Å²) in [6.45, 7) is 0.0100. The zero-order valence-electron chi connectivity index (χ0n) is 10.1. The number of hydrogen-bond acceptors (Lipinski definition) is 3. The van der Waals surface area contributed by atoms with Crippen LogP contribution in [0.2, 0.25) is 0 Å². The summed E-state index contributed by atoms with van der Waals surface area (Å²) in [5.74, 6) is -1.00. The fourth-order valence-corrected chi connectivity index (χ4v) is 2.08. The highest BCUT2D eigenvalue weighted by molar-refractivity contribution is 9.10. The molecule has 7 heteroatoms. The third kappa shape index (κ3) is 3.30. The maximum atomic E-state index is 13.2. The molecule has 0 spiro atoms. The number of hydrogen-bond donors (Lipinski definition) is 1. The van der Waals surface area contributed by atoms with Crippen molar-refractivity contribution in [1.29, 1.82) is 0 Å². The molecule has 2 aromatic rings. The molecule has 0 fully saturated rings. The van der Waals surface area contributed by atoms with Gasteiger partial charge in [0.1, 0.15) is 11.6 Å². The lowest BCUT2D eigenvalue weighted by Crippen LogP contribution is -2.04. The van der Waals surface area contributed by atoms with Gasteiger partial charge in [-0.1, -0.05) is 0 Å². The number of benzene rings is 2. The SMILES string of the molecule is O=[N+]([O-])c1ccc(F)cc1CNc1cc(F)ccc1Br. The molecule has 0 bridgehead atoms. The molecule has 20 heavy (non-hydrogen) atoms. The molecule has 0 unspecified atom stereocenters. The van der Waals surface area contributed by atoms with E-state index < -0.39 is 16.6 Å². The summed E-state index contributed by atoms with van der Waals surface area (Å²) in [6, 6.07) is 7.25. The topological polar surface area (TPSA) is 55.2 Å². The summed E-state index contributed by atoms with van der Waals surface area (Å²) in [5, 5.41) is 13.7. The van der Waals surface area contributed by atoms with Crippen molar-refractivity contribution in [1.82, 2.24) is 0 Å². The quantitative estimate of drug-likeness (QED) is 0.667. The van der Waals surface area contributed by atoms with Gasteiger partial charge in [-0.2, -0.15) is 0 Å². The zero-order valence-corrected chi connectivity index (χ0v) is 11.7. The summed E-state index contributed by atoms with van der Waals surface area (Å²) in [7, 11) is 0. The largest absolute Gasteiger partial charge is 0.380 e. The van der Waals surface area contributed by atoms with Gasteiger partial charge in [-0.05, 0) is 46.3 Å². The average Bonchev–Trinajstić information content (AvgIpc) is 2.39. The predicted octanol–water partition coefficient (Wildman–Crippen LogP) is 4.25. The molecule has 0 radical (unpaired) electrons. The molecule has 0 aromatic heterocycles. The minimum absolute atomic E-state index is 0.0100. The standard InChI is InChI=1S/C13H9BrF2N2O2/c14-11-3-1-10(16)6-12(11)17-7-8-5-9(15)2-4-13(8)18(19)20/h1-6,17H,7H2. The smallest absolute Gasteiger partial charge is 0.274 e. The Balaban J connectivity index is 2.24. The first-order valence-electron chi connectivity index (χ1n) is 5.59. The molecule has 0 amide bonds. The highest BCUT2D eigenvalue weighted by Crippen LogP contribution is 2.25. The van der Waals surface area contributed by atoms with E-state index in [1.54, 1.807) is 0 Å². The van der Waals surface area contributed by atoms with Crippen LogP contribution in [0.5, 0.6) is 0 Å². The lowest BCUT2D eigenvalue weighted by molar-refractivity contribution is -0.385. The Morgan fingerprint density at radius 2 is 1.80 bits per heavy atom. The molecular formula is C13H9BrF2N2O2. The van der Waals surface area contributed by atoms with Gasteiger partial charge < -0.3 is 5.32 Å². The fourth-order valence-electron chi connectivity index (χ4n) is 1.70. The van der Waals surface area contributed by atoms with Crippen LogP contribution in [0, 0.1) is 21.7 Å². The van der Waals surface area contributed by atoms with E-state index in [0.717, 1.165) is 18.2 Å². The van der Waals surface area contributed by atoms with Crippen molar-refractivity contribution < 1.29 is 13.7 Å². The maximum Gasteiger partial charge on any atom is 0.274 e. The first-order chi connectivity index (χ1) is 9.47. The van der Waals surface area contributed by atoms with Crippen LogP contribution in [-0.2, 0) is 6.54 Å². The molecule has 0 saturated heterocycles. The van der Waals surface area contributed by atoms with E-state index >= 15 is 0 Å². The number of nitro groups is 1. The Hall–Kier alpha value is -2.02. The Morgan fingerprint density at radius 3 is 2.50 bits per heavy atom. The molecule has 2 rings (SSSR count).